The van der Waals surface area contributed by atoms with Gasteiger partial charge in [-0.05, 0) is 6.92 Å². The summed E-state index contributed by atoms with van der Waals surface area (Å²) in [5, 5.41) is 1.40. The molecule has 64 valence electrons. The van der Waals surface area contributed by atoms with Crippen LogP contribution in [0.15, 0.2) is 18.2 Å². The van der Waals surface area contributed by atoms with Gasteiger partial charge in [0.25, 0.3) is 0 Å². The van der Waals surface area contributed by atoms with Crippen LogP contribution in [0.5, 0.6) is 0 Å². The van der Waals surface area contributed by atoms with Crippen LogP contribution in [-0.4, -0.2) is 0 Å². The molecule has 1 rings (SSSR count). The lowest BCUT2D eigenvalue weighted by molar-refractivity contribution is 0.958. The van der Waals surface area contributed by atoms with Gasteiger partial charge in [-0.15, -0.1) is 0 Å². The average Bonchev–Trinajstić information content (AvgIpc) is 2.01. The maximum Gasteiger partial charge on any atom is 0.135 e. The van der Waals surface area contributed by atoms with Crippen molar-refractivity contribution in [2.24, 2.45) is 0 Å². The van der Waals surface area contributed by atoms with Crippen LogP contribution in [0.1, 0.15) is 25.8 Å². The number of halogens is 2. The van der Waals surface area contributed by atoms with Crippen molar-refractivity contribution in [1.82, 2.24) is 0 Å². The summed E-state index contributed by atoms with van der Waals surface area (Å²) in [6, 6.07) is 5.62. The van der Waals surface area contributed by atoms with Gasteiger partial charge in [-0.2, -0.15) is 0 Å². The lowest BCUT2D eigenvalue weighted by Crippen LogP contribution is -1.91. The van der Waals surface area contributed by atoms with Gasteiger partial charge in [-0.3, -0.25) is 0 Å². The number of hydrogen-bond donors (Lipinski definition) is 0. The summed E-state index contributed by atoms with van der Waals surface area (Å²) in [7, 11) is 0. The zero-order chi connectivity index (χ0) is 9.14. The van der Waals surface area contributed by atoms with E-state index in [-0.39, 0.29) is 0 Å². The van der Waals surface area contributed by atoms with Gasteiger partial charge in [0.1, 0.15) is 5.56 Å². The summed E-state index contributed by atoms with van der Waals surface area (Å²) >= 11 is 11.7. The smallest absolute Gasteiger partial charge is 0.0682 e. The highest BCUT2D eigenvalue weighted by molar-refractivity contribution is 6.34. The molecule has 0 heterocycles. The summed E-state index contributed by atoms with van der Waals surface area (Å²) in [6.07, 6.45) is 1.02. The Morgan fingerprint density at radius 2 is 1.67 bits per heavy atom. The highest BCUT2D eigenvalue weighted by atomic mass is 35.5. The van der Waals surface area contributed by atoms with E-state index in [0.717, 1.165) is 12.0 Å². The van der Waals surface area contributed by atoms with Crippen LogP contribution >= 0.6 is 23.2 Å². The maximum absolute atomic E-state index is 5.85. The van der Waals surface area contributed by atoms with Gasteiger partial charge < -0.3 is 0 Å². The average molecular weight is 202 g/mol. The molecule has 1 aromatic rings. The predicted molar refractivity (Wildman–Crippen MR) is 54.8 cm³/mol. The van der Waals surface area contributed by atoms with Crippen molar-refractivity contribution in [3.05, 3.63) is 39.7 Å². The van der Waals surface area contributed by atoms with E-state index in [1.807, 2.05) is 12.1 Å². The molecule has 0 saturated heterocycles. The van der Waals surface area contributed by atoms with E-state index in [1.165, 1.54) is 5.92 Å². The summed E-state index contributed by atoms with van der Waals surface area (Å²) in [4.78, 5) is 0. The molecule has 0 aromatic heterocycles. The second-order valence-corrected chi connectivity index (χ2v) is 3.66. The Morgan fingerprint density at radius 3 is 2.08 bits per heavy atom. The molecule has 0 atom stereocenters. The van der Waals surface area contributed by atoms with Gasteiger partial charge in [-0.25, -0.2) is 0 Å². The maximum atomic E-state index is 5.85. The summed E-state index contributed by atoms with van der Waals surface area (Å²) in [5.41, 5.74) is 1.13. The van der Waals surface area contributed by atoms with Crippen molar-refractivity contribution in [2.75, 3.05) is 0 Å². The van der Waals surface area contributed by atoms with Gasteiger partial charge in [0, 0.05) is 25.3 Å². The lowest BCUT2D eigenvalue weighted by atomic mass is 9.99. The molecule has 0 spiro atoms. The normalized spacial score (nSPS) is 10.0. The van der Waals surface area contributed by atoms with E-state index in [1.54, 1.807) is 6.07 Å². The Balaban J connectivity index is 3.00. The quantitative estimate of drug-likeness (QED) is 0.625. The number of benzene rings is 1. The third-order valence-corrected chi connectivity index (χ3v) is 2.32. The zero-order valence-electron chi connectivity index (χ0n) is 7.20. The standard InChI is InChI=1S/C10H11Cl2/c1-3-7(2)8-4-9(11)6-10(12)5-8/h4-6H,3H2,1-2H3/q+1. The highest BCUT2D eigenvalue weighted by Gasteiger charge is 2.13. The van der Waals surface area contributed by atoms with Crippen LogP contribution in [-0.2, 0) is 0 Å². The molecule has 0 aliphatic carbocycles. The first-order valence-corrected chi connectivity index (χ1v) is 4.68. The van der Waals surface area contributed by atoms with Crippen LogP contribution in [0.3, 0.4) is 0 Å². The van der Waals surface area contributed by atoms with Crippen molar-refractivity contribution in [1.29, 1.82) is 0 Å². The van der Waals surface area contributed by atoms with Crippen molar-refractivity contribution < 1.29 is 0 Å². The van der Waals surface area contributed by atoms with Crippen LogP contribution < -0.4 is 0 Å². The predicted octanol–water partition coefficient (Wildman–Crippen LogP) is 4.35. The van der Waals surface area contributed by atoms with Crippen molar-refractivity contribution >= 4 is 23.2 Å². The fourth-order valence-corrected chi connectivity index (χ4v) is 1.53. The molecule has 0 N–H and O–H groups in total. The first-order chi connectivity index (χ1) is 5.63. The van der Waals surface area contributed by atoms with E-state index in [9.17, 15) is 0 Å². The third-order valence-electron chi connectivity index (χ3n) is 1.89. The van der Waals surface area contributed by atoms with E-state index in [2.05, 4.69) is 13.8 Å². The topological polar surface area (TPSA) is 0 Å². The molecule has 0 saturated carbocycles. The van der Waals surface area contributed by atoms with Crippen LogP contribution in [0.25, 0.3) is 0 Å². The van der Waals surface area contributed by atoms with E-state index >= 15 is 0 Å². The molecule has 0 nitrogen and oxygen atoms in total. The molecule has 0 bridgehead atoms. The van der Waals surface area contributed by atoms with Gasteiger partial charge in [0.15, 0.2) is 0 Å². The van der Waals surface area contributed by atoms with Gasteiger partial charge in [0.2, 0.25) is 0 Å². The monoisotopic (exact) mass is 201 g/mol. The first-order valence-electron chi connectivity index (χ1n) is 3.92. The SMILES string of the molecule is CC[C+](C)c1cc(Cl)cc(Cl)c1. The summed E-state index contributed by atoms with van der Waals surface area (Å²) < 4.78 is 0. The molecule has 0 aliphatic heterocycles. The molecule has 1 aromatic carbocycles. The lowest BCUT2D eigenvalue weighted by Gasteiger charge is -2.00. The van der Waals surface area contributed by atoms with E-state index in [4.69, 9.17) is 23.2 Å². The Hall–Kier alpha value is -0.330. The minimum atomic E-state index is 0.699. The molecule has 0 amide bonds. The first kappa shape index (κ1) is 9.76. The minimum absolute atomic E-state index is 0.699. The molecule has 0 radical (unpaired) electrons. The molecule has 0 unspecified atom stereocenters. The fourth-order valence-electron chi connectivity index (χ4n) is 1.00. The summed E-state index contributed by atoms with van der Waals surface area (Å²) in [5.74, 6) is 1.31. The molecule has 0 aliphatic rings. The summed E-state index contributed by atoms with van der Waals surface area (Å²) in [6.45, 7) is 4.20. The van der Waals surface area contributed by atoms with Crippen LogP contribution in [0.2, 0.25) is 10.0 Å². The number of hydrogen-bond acceptors (Lipinski definition) is 0. The highest BCUT2D eigenvalue weighted by Crippen LogP contribution is 2.25. The van der Waals surface area contributed by atoms with E-state index in [0.29, 0.717) is 10.0 Å². The van der Waals surface area contributed by atoms with Crippen molar-refractivity contribution in [3.8, 4) is 0 Å². The molecule has 2 heteroatoms. The van der Waals surface area contributed by atoms with Crippen LogP contribution in [0.4, 0.5) is 0 Å². The number of rotatable bonds is 2. The zero-order valence-corrected chi connectivity index (χ0v) is 8.71. The minimum Gasteiger partial charge on any atom is -0.0682 e. The Labute approximate surface area is 83.5 Å². The molecular weight excluding hydrogens is 191 g/mol. The molecule has 12 heavy (non-hydrogen) atoms. The van der Waals surface area contributed by atoms with Crippen LogP contribution in [0, 0.1) is 5.92 Å². The van der Waals surface area contributed by atoms with E-state index < -0.39 is 0 Å². The molecular formula is C10H11Cl2+. The Kier molecular flexibility index (Phi) is 3.30. The Morgan fingerprint density at radius 1 is 1.17 bits per heavy atom. The van der Waals surface area contributed by atoms with Crippen molar-refractivity contribution in [3.63, 3.8) is 0 Å². The van der Waals surface area contributed by atoms with Gasteiger partial charge in [-0.1, -0.05) is 23.2 Å². The Bertz CT molecular complexity index is 248. The van der Waals surface area contributed by atoms with Gasteiger partial charge >= 0.3 is 0 Å². The third kappa shape index (κ3) is 2.33. The second kappa shape index (κ2) is 4.06. The second-order valence-electron chi connectivity index (χ2n) is 2.79. The van der Waals surface area contributed by atoms with Crippen molar-refractivity contribution in [2.45, 2.75) is 20.3 Å². The fraction of sp³-hybridized carbons (Fsp3) is 0.300. The largest absolute Gasteiger partial charge is 0.135 e. The molecule has 0 fully saturated rings. The van der Waals surface area contributed by atoms with Gasteiger partial charge in [0.05, 0.1) is 22.2 Å².